The second-order valence-corrected chi connectivity index (χ2v) is 5.05. The first-order valence-electron chi connectivity index (χ1n) is 6.40. The maximum absolute atomic E-state index is 11.7. The summed E-state index contributed by atoms with van der Waals surface area (Å²) < 4.78 is 5.08. The molecule has 94 valence electrons. The van der Waals surface area contributed by atoms with Crippen molar-refractivity contribution < 1.29 is 9.53 Å². The molecule has 1 rings (SSSR count). The van der Waals surface area contributed by atoms with Crippen LogP contribution in [0.25, 0.3) is 0 Å². The van der Waals surface area contributed by atoms with Gasteiger partial charge in [0.15, 0.2) is 0 Å². The van der Waals surface area contributed by atoms with Crippen molar-refractivity contribution in [3.63, 3.8) is 0 Å². The van der Waals surface area contributed by atoms with E-state index in [1.165, 1.54) is 12.8 Å². The Morgan fingerprint density at radius 3 is 2.75 bits per heavy atom. The lowest BCUT2D eigenvalue weighted by molar-refractivity contribution is -0.146. The molecule has 0 aromatic carbocycles. The summed E-state index contributed by atoms with van der Waals surface area (Å²) in [5.41, 5.74) is -0.0517. The molecule has 0 saturated heterocycles. The molecule has 1 fully saturated rings. The molecule has 0 bridgehead atoms. The number of hydrogen-bond acceptors (Lipinski definition) is 3. The summed E-state index contributed by atoms with van der Waals surface area (Å²) in [7, 11) is 1.97. The zero-order valence-corrected chi connectivity index (χ0v) is 11.0. The minimum atomic E-state index is -0.0715. The smallest absolute Gasteiger partial charge is 0.307 e. The second-order valence-electron chi connectivity index (χ2n) is 5.05. The highest BCUT2D eigenvalue weighted by atomic mass is 16.5. The highest BCUT2D eigenvalue weighted by Crippen LogP contribution is 2.39. The third kappa shape index (κ3) is 2.76. The van der Waals surface area contributed by atoms with Gasteiger partial charge in [-0.3, -0.25) is 4.79 Å². The summed E-state index contributed by atoms with van der Waals surface area (Å²) >= 11 is 0. The average Bonchev–Trinajstić information content (AvgIpc) is 2.25. The third-order valence-electron chi connectivity index (χ3n) is 4.27. The molecule has 0 aromatic heterocycles. The number of esters is 1. The van der Waals surface area contributed by atoms with E-state index in [4.69, 9.17) is 4.74 Å². The van der Waals surface area contributed by atoms with Crippen LogP contribution in [-0.2, 0) is 9.53 Å². The molecule has 0 heterocycles. The van der Waals surface area contributed by atoms with Crippen LogP contribution in [0.4, 0.5) is 0 Å². The lowest BCUT2D eigenvalue weighted by atomic mass is 9.67. The molecule has 3 unspecified atom stereocenters. The van der Waals surface area contributed by atoms with E-state index in [-0.39, 0.29) is 11.5 Å². The average molecular weight is 227 g/mol. The largest absolute Gasteiger partial charge is 0.466 e. The molecule has 0 amide bonds. The Kier molecular flexibility index (Phi) is 4.78. The molecule has 0 aromatic rings. The molecule has 1 N–H and O–H groups in total. The Hall–Kier alpha value is -0.570. The van der Waals surface area contributed by atoms with Gasteiger partial charge in [-0.2, -0.15) is 0 Å². The molecule has 3 heteroatoms. The molecule has 16 heavy (non-hydrogen) atoms. The standard InChI is InChI=1S/C13H25NO2/c1-5-16-12(15)9-13(14-4)8-6-7-10(2)11(13)3/h10-11,14H,5-9H2,1-4H3. The first kappa shape index (κ1) is 13.5. The monoisotopic (exact) mass is 227 g/mol. The topological polar surface area (TPSA) is 38.3 Å². The van der Waals surface area contributed by atoms with Crippen molar-refractivity contribution in [2.75, 3.05) is 13.7 Å². The van der Waals surface area contributed by atoms with Crippen molar-refractivity contribution in [1.29, 1.82) is 0 Å². The van der Waals surface area contributed by atoms with E-state index in [2.05, 4.69) is 19.2 Å². The van der Waals surface area contributed by atoms with E-state index in [0.717, 1.165) is 6.42 Å². The van der Waals surface area contributed by atoms with E-state index in [1.54, 1.807) is 0 Å². The van der Waals surface area contributed by atoms with E-state index in [1.807, 2.05) is 14.0 Å². The fourth-order valence-electron chi connectivity index (χ4n) is 2.92. The van der Waals surface area contributed by atoms with E-state index in [0.29, 0.717) is 24.9 Å². The van der Waals surface area contributed by atoms with E-state index >= 15 is 0 Å². The molecule has 1 aliphatic rings. The molecular formula is C13H25NO2. The van der Waals surface area contributed by atoms with Crippen LogP contribution in [0.15, 0.2) is 0 Å². The lowest BCUT2D eigenvalue weighted by Crippen LogP contribution is -2.54. The molecule has 0 radical (unpaired) electrons. The zero-order chi connectivity index (χ0) is 12.2. The molecular weight excluding hydrogens is 202 g/mol. The number of hydrogen-bond donors (Lipinski definition) is 1. The first-order chi connectivity index (χ1) is 7.55. The fraction of sp³-hybridized carbons (Fsp3) is 0.923. The highest BCUT2D eigenvalue weighted by molar-refractivity contribution is 5.71. The predicted molar refractivity (Wildman–Crippen MR) is 65.2 cm³/mol. The van der Waals surface area contributed by atoms with Crippen LogP contribution in [0.1, 0.15) is 46.5 Å². The van der Waals surface area contributed by atoms with Crippen LogP contribution < -0.4 is 5.32 Å². The van der Waals surface area contributed by atoms with Crippen molar-refractivity contribution >= 4 is 5.97 Å². The van der Waals surface area contributed by atoms with Crippen molar-refractivity contribution in [2.24, 2.45) is 11.8 Å². The maximum Gasteiger partial charge on any atom is 0.307 e. The van der Waals surface area contributed by atoms with Gasteiger partial charge in [0, 0.05) is 5.54 Å². The minimum Gasteiger partial charge on any atom is -0.466 e. The Morgan fingerprint density at radius 2 is 2.19 bits per heavy atom. The molecule has 3 nitrogen and oxygen atoms in total. The molecule has 3 atom stereocenters. The van der Waals surface area contributed by atoms with Crippen LogP contribution in [0.5, 0.6) is 0 Å². The van der Waals surface area contributed by atoms with Gasteiger partial charge in [0.1, 0.15) is 0 Å². The van der Waals surface area contributed by atoms with Gasteiger partial charge in [-0.1, -0.05) is 26.7 Å². The summed E-state index contributed by atoms with van der Waals surface area (Å²) in [6.07, 6.45) is 4.05. The van der Waals surface area contributed by atoms with Gasteiger partial charge < -0.3 is 10.1 Å². The predicted octanol–water partition coefficient (Wildman–Crippen LogP) is 2.35. The van der Waals surface area contributed by atoms with Crippen LogP contribution in [0.2, 0.25) is 0 Å². The van der Waals surface area contributed by atoms with Gasteiger partial charge >= 0.3 is 5.97 Å². The Morgan fingerprint density at radius 1 is 1.50 bits per heavy atom. The number of nitrogens with one attached hydrogen (secondary N) is 1. The summed E-state index contributed by atoms with van der Waals surface area (Å²) in [5.74, 6) is 1.13. The maximum atomic E-state index is 11.7. The number of ether oxygens (including phenoxy) is 1. The Bertz CT molecular complexity index is 242. The molecule has 0 aliphatic heterocycles. The molecule has 0 spiro atoms. The number of rotatable bonds is 4. The van der Waals surface area contributed by atoms with Gasteiger partial charge in [-0.25, -0.2) is 0 Å². The fourth-order valence-corrected chi connectivity index (χ4v) is 2.92. The van der Waals surface area contributed by atoms with Crippen LogP contribution in [0, 0.1) is 11.8 Å². The second kappa shape index (κ2) is 5.67. The zero-order valence-electron chi connectivity index (χ0n) is 11.0. The minimum absolute atomic E-state index is 0.0517. The highest BCUT2D eigenvalue weighted by Gasteiger charge is 2.42. The summed E-state index contributed by atoms with van der Waals surface area (Å²) in [5, 5.41) is 3.39. The van der Waals surface area contributed by atoms with E-state index in [9.17, 15) is 4.79 Å². The van der Waals surface area contributed by atoms with Gasteiger partial charge in [0.25, 0.3) is 0 Å². The van der Waals surface area contributed by atoms with Gasteiger partial charge in [-0.15, -0.1) is 0 Å². The Labute approximate surface area is 98.9 Å². The van der Waals surface area contributed by atoms with Crippen LogP contribution >= 0.6 is 0 Å². The normalized spacial score (nSPS) is 34.8. The van der Waals surface area contributed by atoms with Crippen molar-refractivity contribution in [1.82, 2.24) is 5.32 Å². The number of carbonyl (C=O) groups excluding carboxylic acids is 1. The van der Waals surface area contributed by atoms with Crippen LogP contribution in [0.3, 0.4) is 0 Å². The van der Waals surface area contributed by atoms with Crippen LogP contribution in [-0.4, -0.2) is 25.2 Å². The first-order valence-corrected chi connectivity index (χ1v) is 6.40. The van der Waals surface area contributed by atoms with Crippen molar-refractivity contribution in [2.45, 2.75) is 52.0 Å². The summed E-state index contributed by atoms with van der Waals surface area (Å²) in [6, 6.07) is 0. The molecule has 1 aliphatic carbocycles. The SMILES string of the molecule is CCOC(=O)CC1(NC)CCCC(C)C1C. The summed E-state index contributed by atoms with van der Waals surface area (Å²) in [6.45, 7) is 6.86. The lowest BCUT2D eigenvalue weighted by Gasteiger charge is -2.45. The van der Waals surface area contributed by atoms with E-state index < -0.39 is 0 Å². The summed E-state index contributed by atoms with van der Waals surface area (Å²) in [4.78, 5) is 11.7. The van der Waals surface area contributed by atoms with Gasteiger partial charge in [0.2, 0.25) is 0 Å². The third-order valence-corrected chi connectivity index (χ3v) is 4.27. The van der Waals surface area contributed by atoms with Gasteiger partial charge in [-0.05, 0) is 32.2 Å². The molecule has 1 saturated carbocycles. The quantitative estimate of drug-likeness (QED) is 0.749. The van der Waals surface area contributed by atoms with Crippen molar-refractivity contribution in [3.8, 4) is 0 Å². The number of carbonyl (C=O) groups is 1. The van der Waals surface area contributed by atoms with Gasteiger partial charge in [0.05, 0.1) is 13.0 Å². The van der Waals surface area contributed by atoms with Crippen molar-refractivity contribution in [3.05, 3.63) is 0 Å². The Balaban J connectivity index is 2.71.